The molecule has 2 aliphatic rings. The van der Waals surface area contributed by atoms with Gasteiger partial charge in [-0.2, -0.15) is 11.8 Å². The van der Waals surface area contributed by atoms with Gasteiger partial charge in [0.15, 0.2) is 17.0 Å². The van der Waals surface area contributed by atoms with Gasteiger partial charge in [0.2, 0.25) is 11.8 Å². The molecule has 9 heteroatoms. The molecule has 1 aromatic carbocycles. The number of phenolic OH excluding ortho intramolecular Hbond substituents is 1. The van der Waals surface area contributed by atoms with E-state index in [1.165, 1.54) is 24.2 Å². The molecule has 2 heterocycles. The van der Waals surface area contributed by atoms with Gasteiger partial charge in [0, 0.05) is 12.5 Å². The average molecular weight is 423 g/mol. The summed E-state index contributed by atoms with van der Waals surface area (Å²) >= 11 is 1.46. The molecule has 0 aliphatic carbocycles. The van der Waals surface area contributed by atoms with Crippen LogP contribution in [-0.4, -0.2) is 58.5 Å². The summed E-state index contributed by atoms with van der Waals surface area (Å²) in [5.41, 5.74) is -1.21. The molecule has 0 unspecified atom stereocenters. The Labute approximate surface area is 173 Å². The molecule has 29 heavy (non-hydrogen) atoms. The second kappa shape index (κ2) is 7.87. The third-order valence-corrected chi connectivity index (χ3v) is 6.64. The third-order valence-electron chi connectivity index (χ3n) is 6.03. The van der Waals surface area contributed by atoms with Crippen LogP contribution in [0.3, 0.4) is 0 Å². The fourth-order valence-corrected chi connectivity index (χ4v) is 5.26. The molecule has 1 aromatic rings. The number of hydrogen-bond donors (Lipinski definition) is 2. The smallest absolute Gasteiger partial charge is 0.240 e. The van der Waals surface area contributed by atoms with Crippen molar-refractivity contribution in [1.29, 1.82) is 0 Å². The Hall–Kier alpha value is -2.26. The number of carboxylic acid groups (broad SMARTS) is 1. The van der Waals surface area contributed by atoms with Crippen LogP contribution in [0, 0.1) is 11.8 Å². The summed E-state index contributed by atoms with van der Waals surface area (Å²) in [7, 11) is 1.41. The number of rotatable bonds is 7. The molecule has 2 amide bonds. The van der Waals surface area contributed by atoms with Crippen molar-refractivity contribution in [2.24, 2.45) is 11.8 Å². The predicted molar refractivity (Wildman–Crippen MR) is 104 cm³/mol. The highest BCUT2D eigenvalue weighted by atomic mass is 32.2. The summed E-state index contributed by atoms with van der Waals surface area (Å²) in [5, 5.41) is 24.6. The highest BCUT2D eigenvalue weighted by Gasteiger charge is 2.69. The molecule has 0 saturated carbocycles. The number of carbonyl (C=O) groups excluding carboxylic acids is 3. The van der Waals surface area contributed by atoms with Gasteiger partial charge in [-0.15, -0.1) is 0 Å². The Morgan fingerprint density at radius 3 is 2.62 bits per heavy atom. The van der Waals surface area contributed by atoms with Gasteiger partial charge in [-0.25, -0.2) is 0 Å². The molecular weight excluding hydrogens is 396 g/mol. The van der Waals surface area contributed by atoms with Crippen molar-refractivity contribution in [2.45, 2.75) is 37.9 Å². The van der Waals surface area contributed by atoms with Crippen molar-refractivity contribution in [3.05, 3.63) is 23.8 Å². The largest absolute Gasteiger partial charge is 0.544 e. The standard InChI is InChI=1S/C20H26N2O6S/c1-10(2)22-17(24)13-14(18(22)25)20(19(26)27,8-9-29-4)21-15(13)11-6-5-7-12(28-3)16(11)23/h5-7,10,13-15,21,23H,8-9H2,1-4H3,(H,26,27)/t13-,14+,15-,20+/m0/s1. The Kier molecular flexibility index (Phi) is 5.82. The van der Waals surface area contributed by atoms with E-state index >= 15 is 0 Å². The minimum Gasteiger partial charge on any atom is -0.544 e. The van der Waals surface area contributed by atoms with Crippen LogP contribution in [0.4, 0.5) is 0 Å². The number of benzene rings is 1. The zero-order valence-electron chi connectivity index (χ0n) is 16.9. The van der Waals surface area contributed by atoms with Crippen molar-refractivity contribution >= 4 is 29.5 Å². The first-order valence-corrected chi connectivity index (χ1v) is 10.9. The first kappa shape index (κ1) is 21.4. The van der Waals surface area contributed by atoms with E-state index in [2.05, 4.69) is 0 Å². The molecule has 3 rings (SSSR count). The van der Waals surface area contributed by atoms with Crippen molar-refractivity contribution in [3.63, 3.8) is 0 Å². The van der Waals surface area contributed by atoms with Crippen molar-refractivity contribution in [3.8, 4) is 11.5 Å². The first-order chi connectivity index (χ1) is 13.7. The molecule has 0 aromatic heterocycles. The lowest BCUT2D eigenvalue weighted by molar-refractivity contribution is -0.739. The van der Waals surface area contributed by atoms with Crippen LogP contribution >= 0.6 is 11.8 Å². The molecule has 2 fully saturated rings. The van der Waals surface area contributed by atoms with Gasteiger partial charge in [0.25, 0.3) is 0 Å². The number of aromatic hydroxyl groups is 1. The number of quaternary nitrogens is 1. The van der Waals surface area contributed by atoms with E-state index in [1.807, 2.05) is 6.26 Å². The number of ether oxygens (including phenoxy) is 1. The number of imide groups is 1. The summed E-state index contributed by atoms with van der Waals surface area (Å²) in [6.07, 6.45) is 2.02. The minimum absolute atomic E-state index is 0.155. The van der Waals surface area contributed by atoms with E-state index in [9.17, 15) is 24.6 Å². The molecule has 0 spiro atoms. The third kappa shape index (κ3) is 3.16. The topological polar surface area (TPSA) is 124 Å². The Morgan fingerprint density at radius 1 is 1.38 bits per heavy atom. The summed E-state index contributed by atoms with van der Waals surface area (Å²) < 4.78 is 5.17. The lowest BCUT2D eigenvalue weighted by atomic mass is 9.78. The van der Waals surface area contributed by atoms with E-state index in [-0.39, 0.29) is 24.0 Å². The maximum atomic E-state index is 13.2. The molecule has 0 bridgehead atoms. The Bertz CT molecular complexity index is 844. The number of carboxylic acids is 1. The number of phenols is 1. The fraction of sp³-hybridized carbons (Fsp3) is 0.550. The molecule has 3 N–H and O–H groups in total. The molecular formula is C20H26N2O6S. The van der Waals surface area contributed by atoms with Gasteiger partial charge in [0.05, 0.1) is 12.7 Å². The second-order valence-electron chi connectivity index (χ2n) is 7.80. The molecule has 0 radical (unpaired) electrons. The monoisotopic (exact) mass is 422 g/mol. The maximum absolute atomic E-state index is 13.2. The molecule has 2 aliphatic heterocycles. The van der Waals surface area contributed by atoms with Crippen LogP contribution in [0.15, 0.2) is 18.2 Å². The summed E-state index contributed by atoms with van der Waals surface area (Å²) in [5.74, 6) is -3.65. The molecule has 8 nitrogen and oxygen atoms in total. The number of para-hydroxylation sites is 1. The summed E-state index contributed by atoms with van der Waals surface area (Å²) in [4.78, 5) is 40.0. The van der Waals surface area contributed by atoms with Crippen LogP contribution in [0.5, 0.6) is 11.5 Å². The van der Waals surface area contributed by atoms with Gasteiger partial charge < -0.3 is 25.1 Å². The summed E-state index contributed by atoms with van der Waals surface area (Å²) in [6, 6.07) is 3.74. The maximum Gasteiger partial charge on any atom is 0.240 e. The molecule has 2 saturated heterocycles. The lowest BCUT2D eigenvalue weighted by Gasteiger charge is -2.33. The van der Waals surface area contributed by atoms with E-state index < -0.39 is 41.2 Å². The Morgan fingerprint density at radius 2 is 2.07 bits per heavy atom. The highest BCUT2D eigenvalue weighted by Crippen LogP contribution is 2.48. The van der Waals surface area contributed by atoms with E-state index in [4.69, 9.17) is 4.74 Å². The van der Waals surface area contributed by atoms with Gasteiger partial charge >= 0.3 is 0 Å². The van der Waals surface area contributed by atoms with Gasteiger partial charge in [0.1, 0.15) is 23.8 Å². The normalized spacial score (nSPS) is 28.9. The number of methoxy groups -OCH3 is 1. The highest BCUT2D eigenvalue weighted by molar-refractivity contribution is 7.98. The fourth-order valence-electron chi connectivity index (χ4n) is 4.72. The number of amides is 2. The van der Waals surface area contributed by atoms with E-state index in [1.54, 1.807) is 32.0 Å². The van der Waals surface area contributed by atoms with Gasteiger partial charge in [-0.1, -0.05) is 6.07 Å². The average Bonchev–Trinajstić information content (AvgIpc) is 3.15. The van der Waals surface area contributed by atoms with Crippen molar-refractivity contribution < 1.29 is 34.7 Å². The number of aliphatic carboxylic acids is 1. The number of thioether (sulfide) groups is 1. The van der Waals surface area contributed by atoms with Crippen molar-refractivity contribution in [2.75, 3.05) is 19.1 Å². The minimum atomic E-state index is -1.58. The Balaban J connectivity index is 2.18. The predicted octanol–water partition coefficient (Wildman–Crippen LogP) is -0.730. The number of likely N-dealkylation sites (tertiary alicyclic amines) is 1. The number of carbonyl (C=O) groups is 3. The number of fused-ring (bicyclic) bond motifs is 1. The second-order valence-corrected chi connectivity index (χ2v) is 8.79. The van der Waals surface area contributed by atoms with Crippen LogP contribution in [0.25, 0.3) is 0 Å². The van der Waals surface area contributed by atoms with Crippen LogP contribution in [-0.2, 0) is 14.4 Å². The van der Waals surface area contributed by atoms with Crippen LogP contribution in [0.2, 0.25) is 0 Å². The molecule has 4 atom stereocenters. The lowest BCUT2D eigenvalue weighted by Crippen LogP contribution is -2.99. The molecule has 158 valence electrons. The van der Waals surface area contributed by atoms with Gasteiger partial charge in [-0.3, -0.25) is 14.5 Å². The van der Waals surface area contributed by atoms with E-state index in [0.29, 0.717) is 11.3 Å². The SMILES string of the molecule is COc1cccc([C@@H]2[NH2+][C@@](CCSC)(C(=O)[O-])[C@H]3C(=O)N(C(C)C)C(=O)[C@H]23)c1O. The zero-order valence-corrected chi connectivity index (χ0v) is 17.7. The number of nitrogens with zero attached hydrogens (tertiary/aromatic N) is 1. The van der Waals surface area contributed by atoms with E-state index in [0.717, 1.165) is 4.90 Å². The van der Waals surface area contributed by atoms with Crippen LogP contribution < -0.4 is 15.2 Å². The zero-order chi connectivity index (χ0) is 21.5. The van der Waals surface area contributed by atoms with Gasteiger partial charge in [-0.05, 0) is 38.0 Å². The number of hydrogen-bond acceptors (Lipinski definition) is 7. The first-order valence-electron chi connectivity index (χ1n) is 9.50. The summed E-state index contributed by atoms with van der Waals surface area (Å²) in [6.45, 7) is 3.45. The quantitative estimate of drug-likeness (QED) is 0.555. The van der Waals surface area contributed by atoms with Crippen LogP contribution in [0.1, 0.15) is 31.9 Å². The van der Waals surface area contributed by atoms with Crippen molar-refractivity contribution in [1.82, 2.24) is 4.90 Å². The number of nitrogens with two attached hydrogens (primary N) is 1.